The number of nitrogens with zero attached hydrogens (tertiary/aromatic N) is 1. The molecule has 0 spiro atoms. The molecule has 2 aromatic carbocycles. The maximum atomic E-state index is 12.8. The molecule has 148 valence electrons. The summed E-state index contributed by atoms with van der Waals surface area (Å²) in [6.45, 7) is 3.22. The zero-order valence-electron chi connectivity index (χ0n) is 16.3. The summed E-state index contributed by atoms with van der Waals surface area (Å²) in [4.78, 5) is 26.9. The standard InChI is InChI=1S/C22H26N2O4/c1-16(23-21(25)14-17-8-10-19(27-2)11-9-17)22(26)24-12-13-28-20(15-24)18-6-4-3-5-7-18/h3-11,16,20H,12-15H2,1-2H3,(H,23,25)/t16-,20?/m0/s1. The van der Waals surface area contributed by atoms with Crippen molar-refractivity contribution in [3.8, 4) is 5.75 Å². The first-order valence-corrected chi connectivity index (χ1v) is 9.44. The number of rotatable bonds is 6. The third kappa shape index (κ3) is 5.10. The predicted molar refractivity (Wildman–Crippen MR) is 106 cm³/mol. The van der Waals surface area contributed by atoms with Crippen molar-refractivity contribution in [3.05, 3.63) is 65.7 Å². The first-order chi connectivity index (χ1) is 13.6. The van der Waals surface area contributed by atoms with Crippen LogP contribution < -0.4 is 10.1 Å². The fourth-order valence-corrected chi connectivity index (χ4v) is 3.28. The number of nitrogens with one attached hydrogen (secondary N) is 1. The van der Waals surface area contributed by atoms with Crippen LogP contribution in [0.2, 0.25) is 0 Å². The zero-order valence-corrected chi connectivity index (χ0v) is 16.3. The number of methoxy groups -OCH3 is 1. The van der Waals surface area contributed by atoms with Gasteiger partial charge in [0.2, 0.25) is 11.8 Å². The van der Waals surface area contributed by atoms with Crippen molar-refractivity contribution in [3.63, 3.8) is 0 Å². The van der Waals surface area contributed by atoms with Crippen LogP contribution in [0.25, 0.3) is 0 Å². The van der Waals surface area contributed by atoms with E-state index in [1.807, 2.05) is 54.6 Å². The van der Waals surface area contributed by atoms with E-state index >= 15 is 0 Å². The molecule has 0 aliphatic carbocycles. The molecule has 1 aliphatic heterocycles. The molecule has 1 saturated heterocycles. The van der Waals surface area contributed by atoms with Crippen molar-refractivity contribution in [2.24, 2.45) is 0 Å². The molecule has 0 radical (unpaired) electrons. The molecular weight excluding hydrogens is 356 g/mol. The highest BCUT2D eigenvalue weighted by atomic mass is 16.5. The Balaban J connectivity index is 1.53. The van der Waals surface area contributed by atoms with Gasteiger partial charge in [0, 0.05) is 6.54 Å². The second-order valence-corrected chi connectivity index (χ2v) is 6.87. The summed E-state index contributed by atoms with van der Waals surface area (Å²) in [6.07, 6.45) is 0.0817. The van der Waals surface area contributed by atoms with E-state index in [1.54, 1.807) is 18.9 Å². The van der Waals surface area contributed by atoms with Gasteiger partial charge in [-0.25, -0.2) is 0 Å². The van der Waals surface area contributed by atoms with Crippen LogP contribution >= 0.6 is 0 Å². The second-order valence-electron chi connectivity index (χ2n) is 6.87. The second kappa shape index (κ2) is 9.37. The van der Waals surface area contributed by atoms with Crippen molar-refractivity contribution in [1.82, 2.24) is 10.2 Å². The molecule has 6 heteroatoms. The van der Waals surface area contributed by atoms with E-state index in [0.29, 0.717) is 19.7 Å². The van der Waals surface area contributed by atoms with Crippen LogP contribution in [0.4, 0.5) is 0 Å². The summed E-state index contributed by atoms with van der Waals surface area (Å²) in [6, 6.07) is 16.6. The van der Waals surface area contributed by atoms with Gasteiger partial charge in [-0.05, 0) is 30.2 Å². The number of benzene rings is 2. The van der Waals surface area contributed by atoms with Crippen LogP contribution in [0, 0.1) is 0 Å². The summed E-state index contributed by atoms with van der Waals surface area (Å²) < 4.78 is 10.9. The molecule has 1 N–H and O–H groups in total. The first kappa shape index (κ1) is 19.9. The molecule has 6 nitrogen and oxygen atoms in total. The summed E-state index contributed by atoms with van der Waals surface area (Å²) in [5.41, 5.74) is 1.92. The Labute approximate surface area is 165 Å². The number of amides is 2. The summed E-state index contributed by atoms with van der Waals surface area (Å²) in [5.74, 6) is 0.471. The predicted octanol–water partition coefficient (Wildman–Crippen LogP) is 2.34. The smallest absolute Gasteiger partial charge is 0.245 e. The minimum Gasteiger partial charge on any atom is -0.497 e. The molecule has 1 aliphatic rings. The van der Waals surface area contributed by atoms with E-state index in [0.717, 1.165) is 16.9 Å². The van der Waals surface area contributed by atoms with Crippen molar-refractivity contribution in [2.45, 2.75) is 25.5 Å². The van der Waals surface area contributed by atoms with Gasteiger partial charge in [-0.3, -0.25) is 9.59 Å². The number of morpholine rings is 1. The molecule has 3 rings (SSSR count). The van der Waals surface area contributed by atoms with Gasteiger partial charge >= 0.3 is 0 Å². The molecule has 2 atom stereocenters. The number of carbonyl (C=O) groups excluding carboxylic acids is 2. The van der Waals surface area contributed by atoms with Gasteiger partial charge in [-0.2, -0.15) is 0 Å². The van der Waals surface area contributed by atoms with Crippen LogP contribution in [0.5, 0.6) is 5.75 Å². The lowest BCUT2D eigenvalue weighted by Gasteiger charge is -2.34. The highest BCUT2D eigenvalue weighted by Gasteiger charge is 2.28. The summed E-state index contributed by atoms with van der Waals surface area (Å²) >= 11 is 0. The van der Waals surface area contributed by atoms with Gasteiger partial charge in [0.1, 0.15) is 17.9 Å². The van der Waals surface area contributed by atoms with Crippen LogP contribution in [-0.4, -0.2) is 49.6 Å². The average Bonchev–Trinajstić information content (AvgIpc) is 2.74. The van der Waals surface area contributed by atoms with Crippen molar-refractivity contribution in [2.75, 3.05) is 26.8 Å². The molecule has 1 heterocycles. The van der Waals surface area contributed by atoms with Gasteiger partial charge in [0.05, 0.1) is 26.7 Å². The third-order valence-corrected chi connectivity index (χ3v) is 4.82. The van der Waals surface area contributed by atoms with Gasteiger partial charge in [-0.1, -0.05) is 42.5 Å². The normalized spacial score (nSPS) is 17.6. The maximum Gasteiger partial charge on any atom is 0.245 e. The first-order valence-electron chi connectivity index (χ1n) is 9.44. The topological polar surface area (TPSA) is 67.9 Å². The minimum absolute atomic E-state index is 0.0905. The lowest BCUT2D eigenvalue weighted by atomic mass is 10.1. The van der Waals surface area contributed by atoms with E-state index < -0.39 is 6.04 Å². The molecule has 0 aromatic heterocycles. The van der Waals surface area contributed by atoms with E-state index in [4.69, 9.17) is 9.47 Å². The highest BCUT2D eigenvalue weighted by Crippen LogP contribution is 2.22. The Morgan fingerprint density at radius 2 is 1.89 bits per heavy atom. The molecule has 1 fully saturated rings. The average molecular weight is 382 g/mol. The summed E-state index contributed by atoms with van der Waals surface area (Å²) in [7, 11) is 1.60. The van der Waals surface area contributed by atoms with Crippen molar-refractivity contribution >= 4 is 11.8 Å². The summed E-state index contributed by atoms with van der Waals surface area (Å²) in [5, 5.41) is 2.81. The minimum atomic E-state index is -0.583. The van der Waals surface area contributed by atoms with E-state index in [1.165, 1.54) is 0 Å². The zero-order chi connectivity index (χ0) is 19.9. The SMILES string of the molecule is COc1ccc(CC(=O)N[C@@H](C)C(=O)N2CCOC(c3ccccc3)C2)cc1. The van der Waals surface area contributed by atoms with Gasteiger partial charge in [0.25, 0.3) is 0 Å². The highest BCUT2D eigenvalue weighted by molar-refractivity contribution is 5.88. The third-order valence-electron chi connectivity index (χ3n) is 4.82. The molecule has 0 saturated carbocycles. The Kier molecular flexibility index (Phi) is 6.66. The largest absolute Gasteiger partial charge is 0.497 e. The van der Waals surface area contributed by atoms with Crippen LogP contribution in [-0.2, 0) is 20.7 Å². The number of hydrogen-bond donors (Lipinski definition) is 1. The molecule has 2 amide bonds. The van der Waals surface area contributed by atoms with Gasteiger partial charge in [-0.15, -0.1) is 0 Å². The van der Waals surface area contributed by atoms with E-state index in [2.05, 4.69) is 5.32 Å². The Morgan fingerprint density at radius 3 is 2.57 bits per heavy atom. The lowest BCUT2D eigenvalue weighted by Crippen LogP contribution is -2.51. The van der Waals surface area contributed by atoms with Gasteiger partial charge < -0.3 is 19.7 Å². The van der Waals surface area contributed by atoms with Gasteiger partial charge in [0.15, 0.2) is 0 Å². The fourth-order valence-electron chi connectivity index (χ4n) is 3.28. The van der Waals surface area contributed by atoms with Crippen LogP contribution in [0.3, 0.4) is 0 Å². The molecular formula is C22H26N2O4. The Morgan fingerprint density at radius 1 is 1.18 bits per heavy atom. The maximum absolute atomic E-state index is 12.8. The Bertz CT molecular complexity index is 792. The number of ether oxygens (including phenoxy) is 2. The number of hydrogen-bond acceptors (Lipinski definition) is 4. The monoisotopic (exact) mass is 382 g/mol. The van der Waals surface area contributed by atoms with E-state index in [-0.39, 0.29) is 24.3 Å². The molecule has 1 unspecified atom stereocenters. The van der Waals surface area contributed by atoms with Crippen molar-refractivity contribution in [1.29, 1.82) is 0 Å². The Hall–Kier alpha value is -2.86. The number of carbonyl (C=O) groups is 2. The lowest BCUT2D eigenvalue weighted by molar-refractivity contribution is -0.142. The quantitative estimate of drug-likeness (QED) is 0.833. The van der Waals surface area contributed by atoms with E-state index in [9.17, 15) is 9.59 Å². The van der Waals surface area contributed by atoms with Crippen LogP contribution in [0.1, 0.15) is 24.2 Å². The molecule has 28 heavy (non-hydrogen) atoms. The van der Waals surface area contributed by atoms with Crippen LogP contribution in [0.15, 0.2) is 54.6 Å². The molecule has 0 bridgehead atoms. The molecule has 2 aromatic rings. The fraction of sp³-hybridized carbons (Fsp3) is 0.364. The van der Waals surface area contributed by atoms with Crippen molar-refractivity contribution < 1.29 is 19.1 Å².